The molecule has 34 heavy (non-hydrogen) atoms. The maximum Gasteiger partial charge on any atom is 0.340 e. The van der Waals surface area contributed by atoms with Crippen molar-refractivity contribution in [2.24, 2.45) is 0 Å². The molecule has 172 valence electrons. The fourth-order valence-corrected chi connectivity index (χ4v) is 3.25. The molecular weight excluding hydrogens is 426 g/mol. The SMILES string of the molecule is CCCCOC(=O)c1ccccc1NC(=O)/C(C#N)=C\N(Cc1ccccc1)c1ccccc1. The zero-order chi connectivity index (χ0) is 24.2. The monoisotopic (exact) mass is 453 g/mol. The summed E-state index contributed by atoms with van der Waals surface area (Å²) in [6.07, 6.45) is 3.20. The summed E-state index contributed by atoms with van der Waals surface area (Å²) in [7, 11) is 0. The van der Waals surface area contributed by atoms with Gasteiger partial charge in [-0.25, -0.2) is 4.79 Å². The van der Waals surface area contributed by atoms with Crippen molar-refractivity contribution in [1.82, 2.24) is 0 Å². The first-order valence-electron chi connectivity index (χ1n) is 11.2. The topological polar surface area (TPSA) is 82.4 Å². The Labute approximate surface area is 200 Å². The molecule has 0 aliphatic heterocycles. The van der Waals surface area contributed by atoms with Crippen molar-refractivity contribution in [2.45, 2.75) is 26.3 Å². The molecule has 1 amide bonds. The van der Waals surface area contributed by atoms with E-state index in [1.165, 1.54) is 6.20 Å². The van der Waals surface area contributed by atoms with Gasteiger partial charge in [-0.2, -0.15) is 5.26 Å². The van der Waals surface area contributed by atoms with E-state index < -0.39 is 11.9 Å². The van der Waals surface area contributed by atoms with Crippen LogP contribution < -0.4 is 10.2 Å². The van der Waals surface area contributed by atoms with Crippen molar-refractivity contribution in [3.05, 3.63) is 108 Å². The number of ether oxygens (including phenoxy) is 1. The molecular formula is C28H27N3O3. The predicted molar refractivity (Wildman–Crippen MR) is 133 cm³/mol. The first-order chi connectivity index (χ1) is 16.6. The maximum atomic E-state index is 13.0. The van der Waals surface area contributed by atoms with Gasteiger partial charge in [0, 0.05) is 18.4 Å². The molecule has 0 heterocycles. The van der Waals surface area contributed by atoms with Gasteiger partial charge in [-0.15, -0.1) is 0 Å². The molecule has 3 aromatic rings. The lowest BCUT2D eigenvalue weighted by Gasteiger charge is -2.21. The summed E-state index contributed by atoms with van der Waals surface area (Å²) in [4.78, 5) is 27.3. The second-order valence-corrected chi connectivity index (χ2v) is 7.59. The minimum Gasteiger partial charge on any atom is -0.462 e. The van der Waals surface area contributed by atoms with Crippen molar-refractivity contribution in [1.29, 1.82) is 5.26 Å². The van der Waals surface area contributed by atoms with Gasteiger partial charge in [-0.05, 0) is 36.2 Å². The van der Waals surface area contributed by atoms with E-state index in [1.54, 1.807) is 24.3 Å². The van der Waals surface area contributed by atoms with Gasteiger partial charge in [-0.3, -0.25) is 4.79 Å². The van der Waals surface area contributed by atoms with Crippen LogP contribution in [0.15, 0.2) is 96.7 Å². The lowest BCUT2D eigenvalue weighted by molar-refractivity contribution is -0.112. The molecule has 0 unspecified atom stereocenters. The van der Waals surface area contributed by atoms with Gasteiger partial charge in [0.2, 0.25) is 0 Å². The third kappa shape index (κ3) is 6.81. The molecule has 6 nitrogen and oxygen atoms in total. The van der Waals surface area contributed by atoms with Gasteiger partial charge in [0.05, 0.1) is 17.9 Å². The number of esters is 1. The highest BCUT2D eigenvalue weighted by Gasteiger charge is 2.18. The molecule has 1 N–H and O–H groups in total. The number of nitrogens with zero attached hydrogens (tertiary/aromatic N) is 2. The summed E-state index contributed by atoms with van der Waals surface area (Å²) in [6, 6.07) is 27.9. The van der Waals surface area contributed by atoms with Crippen LogP contribution in [-0.2, 0) is 16.1 Å². The third-order valence-electron chi connectivity index (χ3n) is 5.06. The second-order valence-electron chi connectivity index (χ2n) is 7.59. The van der Waals surface area contributed by atoms with E-state index in [0.29, 0.717) is 18.8 Å². The van der Waals surface area contributed by atoms with E-state index >= 15 is 0 Å². The Kier molecular flexibility index (Phi) is 9.00. The van der Waals surface area contributed by atoms with Crippen LogP contribution in [-0.4, -0.2) is 18.5 Å². The highest BCUT2D eigenvalue weighted by Crippen LogP contribution is 2.21. The minimum atomic E-state index is -0.606. The van der Waals surface area contributed by atoms with E-state index in [9.17, 15) is 14.9 Å². The Morgan fingerprint density at radius 3 is 2.29 bits per heavy atom. The molecule has 0 saturated heterocycles. The first kappa shape index (κ1) is 24.3. The predicted octanol–water partition coefficient (Wildman–Crippen LogP) is 5.70. The van der Waals surface area contributed by atoms with Crippen LogP contribution in [0.4, 0.5) is 11.4 Å². The molecule has 3 aromatic carbocycles. The molecule has 0 saturated carbocycles. The lowest BCUT2D eigenvalue weighted by Crippen LogP contribution is -2.21. The van der Waals surface area contributed by atoms with Crippen LogP contribution in [0.25, 0.3) is 0 Å². The van der Waals surface area contributed by atoms with Gasteiger partial charge in [0.25, 0.3) is 5.91 Å². The maximum absolute atomic E-state index is 13.0. The van der Waals surface area contributed by atoms with Crippen molar-refractivity contribution < 1.29 is 14.3 Å². The Balaban J connectivity index is 1.84. The summed E-state index contributed by atoms with van der Waals surface area (Å²) in [5.74, 6) is -1.12. The molecule has 0 fully saturated rings. The first-order valence-corrected chi connectivity index (χ1v) is 11.2. The highest BCUT2D eigenvalue weighted by molar-refractivity contribution is 6.09. The molecule has 0 aliphatic carbocycles. The van der Waals surface area contributed by atoms with Crippen molar-refractivity contribution in [3.63, 3.8) is 0 Å². The number of hydrogen-bond donors (Lipinski definition) is 1. The number of para-hydroxylation sites is 2. The van der Waals surface area contributed by atoms with Crippen LogP contribution in [0.2, 0.25) is 0 Å². The molecule has 0 aliphatic rings. The summed E-state index contributed by atoms with van der Waals surface area (Å²) in [5.41, 5.74) is 2.32. The fourth-order valence-electron chi connectivity index (χ4n) is 3.25. The van der Waals surface area contributed by atoms with Crippen molar-refractivity contribution in [3.8, 4) is 6.07 Å². The molecule has 0 aromatic heterocycles. The largest absolute Gasteiger partial charge is 0.462 e. The number of unbranched alkanes of at least 4 members (excludes halogenated alkanes) is 1. The number of nitriles is 1. The normalized spacial score (nSPS) is 10.8. The number of nitrogens with one attached hydrogen (secondary N) is 1. The number of hydrogen-bond acceptors (Lipinski definition) is 5. The van der Waals surface area contributed by atoms with Gasteiger partial charge in [0.1, 0.15) is 11.6 Å². The molecule has 0 bridgehead atoms. The van der Waals surface area contributed by atoms with Gasteiger partial charge in [0.15, 0.2) is 0 Å². The Bertz CT molecular complexity index is 1170. The van der Waals surface area contributed by atoms with E-state index in [0.717, 1.165) is 24.1 Å². The summed E-state index contributed by atoms with van der Waals surface area (Å²) in [6.45, 7) is 2.80. The Morgan fingerprint density at radius 1 is 0.971 bits per heavy atom. The number of carbonyl (C=O) groups excluding carboxylic acids is 2. The molecule has 0 radical (unpaired) electrons. The van der Waals surface area contributed by atoms with E-state index in [2.05, 4.69) is 5.32 Å². The van der Waals surface area contributed by atoms with E-state index in [-0.39, 0.29) is 11.1 Å². The van der Waals surface area contributed by atoms with Crippen LogP contribution in [0.5, 0.6) is 0 Å². The number of benzene rings is 3. The number of anilines is 2. The second kappa shape index (κ2) is 12.6. The zero-order valence-electron chi connectivity index (χ0n) is 19.1. The number of rotatable bonds is 10. The average Bonchev–Trinajstić information content (AvgIpc) is 2.88. The lowest BCUT2D eigenvalue weighted by atomic mass is 10.1. The molecule has 3 rings (SSSR count). The minimum absolute atomic E-state index is 0.0889. The summed E-state index contributed by atoms with van der Waals surface area (Å²) in [5, 5.41) is 12.5. The van der Waals surface area contributed by atoms with E-state index in [4.69, 9.17) is 4.74 Å². The van der Waals surface area contributed by atoms with Crippen LogP contribution >= 0.6 is 0 Å². The fraction of sp³-hybridized carbons (Fsp3) is 0.179. The standard InChI is InChI=1S/C28H27N3O3/c1-2-3-18-34-28(33)25-16-10-11-17-26(25)30-27(32)23(19-29)21-31(24-14-8-5-9-15-24)20-22-12-6-4-7-13-22/h4-17,21H,2-3,18,20H2,1H3,(H,30,32)/b23-21-. The van der Waals surface area contributed by atoms with Crippen LogP contribution in [0, 0.1) is 11.3 Å². The summed E-state index contributed by atoms with van der Waals surface area (Å²) >= 11 is 0. The van der Waals surface area contributed by atoms with Gasteiger partial charge >= 0.3 is 5.97 Å². The molecule has 0 spiro atoms. The van der Waals surface area contributed by atoms with Crippen LogP contribution in [0.1, 0.15) is 35.7 Å². The number of carbonyl (C=O) groups is 2. The Morgan fingerprint density at radius 2 is 1.62 bits per heavy atom. The van der Waals surface area contributed by atoms with Gasteiger partial charge in [-0.1, -0.05) is 74.0 Å². The quantitative estimate of drug-likeness (QED) is 0.184. The van der Waals surface area contributed by atoms with Gasteiger partial charge < -0.3 is 15.0 Å². The third-order valence-corrected chi connectivity index (χ3v) is 5.06. The van der Waals surface area contributed by atoms with Crippen LogP contribution in [0.3, 0.4) is 0 Å². The average molecular weight is 454 g/mol. The zero-order valence-corrected chi connectivity index (χ0v) is 19.1. The summed E-state index contributed by atoms with van der Waals surface area (Å²) < 4.78 is 5.29. The smallest absolute Gasteiger partial charge is 0.340 e. The molecule has 6 heteroatoms. The Hall–Kier alpha value is -4.37. The van der Waals surface area contributed by atoms with Crippen molar-refractivity contribution in [2.75, 3.05) is 16.8 Å². The molecule has 0 atom stereocenters. The van der Waals surface area contributed by atoms with E-state index in [1.807, 2.05) is 78.6 Å². The highest BCUT2D eigenvalue weighted by atomic mass is 16.5. The number of amides is 1. The van der Waals surface area contributed by atoms with Crippen molar-refractivity contribution >= 4 is 23.3 Å².